The number of aromatic amines is 1. The van der Waals surface area contributed by atoms with Gasteiger partial charge >= 0.3 is 11.7 Å². The molecule has 1 saturated heterocycles. The molecule has 1 aliphatic rings. The SMILES string of the molecule is C[C@H](N[PH](=O)OC[C@@H](OCn1ccc(=O)[nH]c1=O)[C@@H](O)[C@H]1CCO1)C(=O)OCc1ccccc1. The third kappa shape index (κ3) is 7.73. The minimum Gasteiger partial charge on any atom is -0.460 e. The van der Waals surface area contributed by atoms with Crippen LogP contribution in [0.3, 0.4) is 0 Å². The molecule has 1 fully saturated rings. The van der Waals surface area contributed by atoms with E-state index in [0.717, 1.165) is 16.2 Å². The fraction of sp³-hybridized carbons (Fsp3) is 0.476. The molecule has 0 amide bonds. The minimum atomic E-state index is -2.90. The highest BCUT2D eigenvalue weighted by Crippen LogP contribution is 2.23. The van der Waals surface area contributed by atoms with Gasteiger partial charge in [0.05, 0.1) is 12.7 Å². The third-order valence-corrected chi connectivity index (χ3v) is 6.21. The summed E-state index contributed by atoms with van der Waals surface area (Å²) in [6, 6.07) is 9.39. The third-order valence-electron chi connectivity index (χ3n) is 5.11. The summed E-state index contributed by atoms with van der Waals surface area (Å²) in [4.78, 5) is 37.3. The first-order valence-corrected chi connectivity index (χ1v) is 12.0. The van der Waals surface area contributed by atoms with Crippen LogP contribution < -0.4 is 16.3 Å². The van der Waals surface area contributed by atoms with E-state index in [4.69, 9.17) is 18.7 Å². The summed E-state index contributed by atoms with van der Waals surface area (Å²) in [7, 11) is -2.90. The van der Waals surface area contributed by atoms with E-state index >= 15 is 0 Å². The second-order valence-electron chi connectivity index (χ2n) is 7.66. The number of esters is 1. The first-order chi connectivity index (χ1) is 16.3. The van der Waals surface area contributed by atoms with Crippen LogP contribution >= 0.6 is 8.18 Å². The van der Waals surface area contributed by atoms with Gasteiger partial charge in [0.2, 0.25) is 0 Å². The van der Waals surface area contributed by atoms with Gasteiger partial charge in [-0.1, -0.05) is 30.3 Å². The highest BCUT2D eigenvalue weighted by Gasteiger charge is 2.34. The second kappa shape index (κ2) is 12.7. The van der Waals surface area contributed by atoms with E-state index in [1.54, 1.807) is 0 Å². The molecule has 34 heavy (non-hydrogen) atoms. The van der Waals surface area contributed by atoms with Crippen LogP contribution in [0.2, 0.25) is 0 Å². The Balaban J connectivity index is 1.49. The van der Waals surface area contributed by atoms with Crippen molar-refractivity contribution in [2.75, 3.05) is 13.2 Å². The van der Waals surface area contributed by atoms with Gasteiger partial charge in [-0.2, -0.15) is 0 Å². The Labute approximate surface area is 195 Å². The number of hydrogen-bond acceptors (Lipinski definition) is 9. The molecule has 0 spiro atoms. The minimum absolute atomic E-state index is 0.0844. The van der Waals surface area contributed by atoms with Crippen LogP contribution in [0.5, 0.6) is 0 Å². The fourth-order valence-electron chi connectivity index (χ4n) is 3.02. The standard InChI is InChI=1S/C21H28N3O9P/c1-14(20(27)31-11-15-5-3-2-4-6-15)23-34(29)33-12-17(19(26)16-8-10-30-16)32-13-24-9-7-18(25)22-21(24)28/h2-7,9,14,16-17,19,26,34H,8,10-13H2,1H3,(H,23,29)(H,22,25,28)/t14-,16+,17+,19-/m0/s1. The second-order valence-corrected chi connectivity index (χ2v) is 8.81. The van der Waals surface area contributed by atoms with Crippen molar-refractivity contribution in [2.45, 2.75) is 51.0 Å². The Bertz CT molecular complexity index is 1070. The van der Waals surface area contributed by atoms with Gasteiger partial charge in [0, 0.05) is 18.9 Å². The van der Waals surface area contributed by atoms with Crippen molar-refractivity contribution >= 4 is 14.1 Å². The fourth-order valence-corrected chi connectivity index (χ4v) is 3.89. The summed E-state index contributed by atoms with van der Waals surface area (Å²) in [6.07, 6.45) is -0.714. The quantitative estimate of drug-likeness (QED) is 0.257. The average molecular weight is 497 g/mol. The van der Waals surface area contributed by atoms with E-state index in [9.17, 15) is 24.1 Å². The van der Waals surface area contributed by atoms with Crippen molar-refractivity contribution in [2.24, 2.45) is 0 Å². The monoisotopic (exact) mass is 497 g/mol. The van der Waals surface area contributed by atoms with Crippen LogP contribution in [0.15, 0.2) is 52.2 Å². The molecule has 0 bridgehead atoms. The lowest BCUT2D eigenvalue weighted by molar-refractivity contribution is -0.174. The lowest BCUT2D eigenvalue weighted by atomic mass is 10.0. The van der Waals surface area contributed by atoms with E-state index in [-0.39, 0.29) is 19.9 Å². The Kier molecular flexibility index (Phi) is 9.75. The van der Waals surface area contributed by atoms with Crippen molar-refractivity contribution < 1.29 is 33.2 Å². The highest BCUT2D eigenvalue weighted by atomic mass is 31.1. The van der Waals surface area contributed by atoms with Gasteiger partial charge in [0.15, 0.2) is 0 Å². The molecule has 1 aliphatic heterocycles. The number of rotatable bonds is 13. The number of aliphatic hydroxyl groups excluding tert-OH is 1. The largest absolute Gasteiger partial charge is 0.460 e. The molecule has 3 N–H and O–H groups in total. The molecule has 3 rings (SSSR count). The first kappa shape index (κ1) is 26.0. The van der Waals surface area contributed by atoms with Crippen molar-refractivity contribution in [1.29, 1.82) is 0 Å². The molecule has 2 aromatic rings. The average Bonchev–Trinajstić information content (AvgIpc) is 2.78. The van der Waals surface area contributed by atoms with E-state index in [2.05, 4.69) is 10.1 Å². The van der Waals surface area contributed by atoms with Crippen molar-refractivity contribution in [3.8, 4) is 0 Å². The van der Waals surface area contributed by atoms with Gasteiger partial charge in [-0.05, 0) is 18.9 Å². The van der Waals surface area contributed by atoms with Crippen LogP contribution in [0.25, 0.3) is 0 Å². The Morgan fingerprint density at radius 2 is 2.06 bits per heavy atom. The van der Waals surface area contributed by atoms with Crippen LogP contribution in [-0.2, 0) is 41.4 Å². The number of aliphatic hydroxyl groups is 1. The Hall–Kier alpha value is -2.60. The zero-order valence-corrected chi connectivity index (χ0v) is 19.5. The van der Waals surface area contributed by atoms with Gasteiger partial charge in [0.25, 0.3) is 13.7 Å². The maximum absolute atomic E-state index is 12.4. The van der Waals surface area contributed by atoms with Gasteiger partial charge in [0.1, 0.15) is 31.6 Å². The normalized spacial score (nSPS) is 18.9. The number of carbonyl (C=O) groups is 1. The van der Waals surface area contributed by atoms with Crippen LogP contribution in [0, 0.1) is 0 Å². The molecule has 13 heteroatoms. The molecule has 12 nitrogen and oxygen atoms in total. The van der Waals surface area contributed by atoms with E-state index < -0.39 is 49.8 Å². The van der Waals surface area contributed by atoms with Gasteiger partial charge in [-0.3, -0.25) is 23.7 Å². The number of nitrogens with zero attached hydrogens (tertiary/aromatic N) is 1. The molecule has 0 radical (unpaired) electrons. The van der Waals surface area contributed by atoms with Crippen molar-refractivity contribution in [3.05, 3.63) is 69.0 Å². The number of hydrogen-bond donors (Lipinski definition) is 3. The zero-order chi connectivity index (χ0) is 24.5. The van der Waals surface area contributed by atoms with Gasteiger partial charge in [-0.25, -0.2) is 9.88 Å². The predicted molar refractivity (Wildman–Crippen MR) is 120 cm³/mol. The first-order valence-electron chi connectivity index (χ1n) is 10.7. The molecular formula is C21H28N3O9P. The molecule has 0 aliphatic carbocycles. The molecule has 2 heterocycles. The van der Waals surface area contributed by atoms with Crippen LogP contribution in [0.1, 0.15) is 18.9 Å². The molecule has 1 aromatic heterocycles. The van der Waals surface area contributed by atoms with E-state index in [1.165, 1.54) is 13.1 Å². The number of ether oxygens (including phenoxy) is 3. The van der Waals surface area contributed by atoms with E-state index in [0.29, 0.717) is 13.0 Å². The topological polar surface area (TPSA) is 158 Å². The lowest BCUT2D eigenvalue weighted by Gasteiger charge is -2.35. The number of aromatic nitrogens is 2. The molecule has 1 unspecified atom stereocenters. The molecule has 0 saturated carbocycles. The molecule has 5 atom stereocenters. The molecular weight excluding hydrogens is 469 g/mol. The summed E-state index contributed by atoms with van der Waals surface area (Å²) in [5, 5.41) is 13.1. The Morgan fingerprint density at radius 3 is 2.71 bits per heavy atom. The van der Waals surface area contributed by atoms with Gasteiger partial charge < -0.3 is 23.8 Å². The zero-order valence-electron chi connectivity index (χ0n) is 18.5. The molecule has 1 aromatic carbocycles. The summed E-state index contributed by atoms with van der Waals surface area (Å²) in [5.41, 5.74) is -0.412. The van der Waals surface area contributed by atoms with E-state index in [1.807, 2.05) is 30.3 Å². The van der Waals surface area contributed by atoms with Gasteiger partial charge in [-0.15, -0.1) is 0 Å². The van der Waals surface area contributed by atoms with Crippen molar-refractivity contribution in [3.63, 3.8) is 0 Å². The smallest absolute Gasteiger partial charge is 0.330 e. The number of carbonyl (C=O) groups excluding carboxylic acids is 1. The predicted octanol–water partition coefficient (Wildman–Crippen LogP) is 0.157. The lowest BCUT2D eigenvalue weighted by Crippen LogP contribution is -2.48. The summed E-state index contributed by atoms with van der Waals surface area (Å²) in [5.74, 6) is -0.598. The van der Waals surface area contributed by atoms with Crippen LogP contribution in [-0.4, -0.2) is 58.2 Å². The summed E-state index contributed by atoms with van der Waals surface area (Å²) < 4.78 is 34.8. The maximum Gasteiger partial charge on any atom is 0.330 e. The summed E-state index contributed by atoms with van der Waals surface area (Å²) in [6.45, 7) is 1.49. The highest BCUT2D eigenvalue weighted by molar-refractivity contribution is 7.36. The Morgan fingerprint density at radius 1 is 1.32 bits per heavy atom. The maximum atomic E-state index is 12.4. The number of benzene rings is 1. The van der Waals surface area contributed by atoms with Crippen molar-refractivity contribution in [1.82, 2.24) is 14.6 Å². The molecule has 186 valence electrons. The summed E-state index contributed by atoms with van der Waals surface area (Å²) >= 11 is 0. The number of H-pyrrole nitrogens is 1. The number of nitrogens with one attached hydrogen (secondary N) is 2. The van der Waals surface area contributed by atoms with Crippen LogP contribution in [0.4, 0.5) is 0 Å².